The van der Waals surface area contributed by atoms with Gasteiger partial charge in [-0.15, -0.1) is 0 Å². The molecule has 0 bridgehead atoms. The molecular formula is C11H13NO2. The Hall–Kier alpha value is -1.48. The van der Waals surface area contributed by atoms with Crippen molar-refractivity contribution in [1.29, 1.82) is 0 Å². The van der Waals surface area contributed by atoms with Crippen LogP contribution in [0.5, 0.6) is 5.75 Å². The molecule has 0 unspecified atom stereocenters. The van der Waals surface area contributed by atoms with Gasteiger partial charge in [0.2, 0.25) is 0 Å². The summed E-state index contributed by atoms with van der Waals surface area (Å²) in [6.07, 6.45) is 0. The van der Waals surface area contributed by atoms with Crippen molar-refractivity contribution in [2.75, 3.05) is 14.1 Å². The van der Waals surface area contributed by atoms with Gasteiger partial charge in [0, 0.05) is 5.39 Å². The molecule has 1 aromatic carbocycles. The quantitative estimate of drug-likeness (QED) is 0.790. The number of phenols is 1. The van der Waals surface area contributed by atoms with Gasteiger partial charge in [-0.2, -0.15) is 0 Å². The lowest BCUT2D eigenvalue weighted by molar-refractivity contribution is 0.358. The Balaban J connectivity index is 2.41. The Morgan fingerprint density at radius 3 is 2.79 bits per heavy atom. The minimum atomic E-state index is 0.273. The Morgan fingerprint density at radius 1 is 1.29 bits per heavy atom. The van der Waals surface area contributed by atoms with Crippen LogP contribution < -0.4 is 0 Å². The van der Waals surface area contributed by atoms with Crippen molar-refractivity contribution in [1.82, 2.24) is 4.90 Å². The van der Waals surface area contributed by atoms with Crippen LogP contribution >= 0.6 is 0 Å². The molecule has 2 aromatic rings. The summed E-state index contributed by atoms with van der Waals surface area (Å²) in [4.78, 5) is 2.04. The Morgan fingerprint density at radius 2 is 2.07 bits per heavy atom. The molecule has 0 fully saturated rings. The van der Waals surface area contributed by atoms with Gasteiger partial charge in [0.25, 0.3) is 0 Å². The van der Waals surface area contributed by atoms with Crippen LogP contribution in [0, 0.1) is 0 Å². The number of phenolic OH excluding ortho intramolecular Hbond substituents is 1. The van der Waals surface area contributed by atoms with E-state index in [-0.39, 0.29) is 5.75 Å². The Bertz CT molecular complexity index is 445. The van der Waals surface area contributed by atoms with Gasteiger partial charge in [0.15, 0.2) is 0 Å². The van der Waals surface area contributed by atoms with Crippen LogP contribution in [0.3, 0.4) is 0 Å². The van der Waals surface area contributed by atoms with Crippen LogP contribution in [-0.4, -0.2) is 24.1 Å². The number of furan rings is 1. The number of rotatable bonds is 2. The second-order valence-corrected chi connectivity index (χ2v) is 3.67. The van der Waals surface area contributed by atoms with E-state index in [0.717, 1.165) is 23.3 Å². The summed E-state index contributed by atoms with van der Waals surface area (Å²) in [6.45, 7) is 0.773. The van der Waals surface area contributed by atoms with Gasteiger partial charge in [-0.25, -0.2) is 0 Å². The van der Waals surface area contributed by atoms with Crippen molar-refractivity contribution in [2.24, 2.45) is 0 Å². The second-order valence-electron chi connectivity index (χ2n) is 3.67. The molecule has 0 saturated carbocycles. The van der Waals surface area contributed by atoms with E-state index in [1.807, 2.05) is 25.1 Å². The standard InChI is InChI=1S/C11H13NO2/c1-12(2)7-10-6-8-5-9(13)3-4-11(8)14-10/h3-6,13H,7H2,1-2H3. The molecule has 3 nitrogen and oxygen atoms in total. The second kappa shape index (κ2) is 3.35. The molecular weight excluding hydrogens is 178 g/mol. The third kappa shape index (κ3) is 1.72. The normalized spacial score (nSPS) is 11.4. The van der Waals surface area contributed by atoms with E-state index >= 15 is 0 Å². The fourth-order valence-electron chi connectivity index (χ4n) is 1.48. The first-order valence-electron chi connectivity index (χ1n) is 4.51. The molecule has 0 aliphatic rings. The number of aromatic hydroxyl groups is 1. The van der Waals surface area contributed by atoms with Crippen LogP contribution in [0.25, 0.3) is 11.0 Å². The first-order valence-corrected chi connectivity index (χ1v) is 4.51. The van der Waals surface area contributed by atoms with Crippen LogP contribution in [0.15, 0.2) is 28.7 Å². The zero-order valence-electron chi connectivity index (χ0n) is 8.32. The van der Waals surface area contributed by atoms with Crippen LogP contribution in [-0.2, 0) is 6.54 Å². The fourth-order valence-corrected chi connectivity index (χ4v) is 1.48. The number of fused-ring (bicyclic) bond motifs is 1. The Labute approximate surface area is 82.6 Å². The fraction of sp³-hybridized carbons (Fsp3) is 0.273. The Kier molecular flexibility index (Phi) is 2.17. The van der Waals surface area contributed by atoms with Gasteiger partial charge in [-0.3, -0.25) is 0 Å². The van der Waals surface area contributed by atoms with Gasteiger partial charge < -0.3 is 14.4 Å². The van der Waals surface area contributed by atoms with Gasteiger partial charge in [0.1, 0.15) is 17.1 Å². The van der Waals surface area contributed by atoms with Crippen LogP contribution in [0.4, 0.5) is 0 Å². The SMILES string of the molecule is CN(C)Cc1cc2cc(O)ccc2o1. The van der Waals surface area contributed by atoms with Crippen molar-refractivity contribution in [3.05, 3.63) is 30.0 Å². The summed E-state index contributed by atoms with van der Waals surface area (Å²) in [5.41, 5.74) is 0.819. The van der Waals surface area contributed by atoms with E-state index in [1.165, 1.54) is 0 Å². The monoisotopic (exact) mass is 191 g/mol. The highest BCUT2D eigenvalue weighted by Crippen LogP contribution is 2.23. The maximum atomic E-state index is 9.27. The van der Waals surface area contributed by atoms with Crippen molar-refractivity contribution >= 4 is 11.0 Å². The summed E-state index contributed by atoms with van der Waals surface area (Å²) in [7, 11) is 3.98. The summed E-state index contributed by atoms with van der Waals surface area (Å²) in [5, 5.41) is 10.2. The number of hydrogen-bond donors (Lipinski definition) is 1. The average Bonchev–Trinajstić information content (AvgIpc) is 2.44. The van der Waals surface area contributed by atoms with Crippen LogP contribution in [0.2, 0.25) is 0 Å². The van der Waals surface area contributed by atoms with E-state index in [0.29, 0.717) is 0 Å². The summed E-state index contributed by atoms with van der Waals surface area (Å²) in [5.74, 6) is 1.19. The number of hydrogen-bond acceptors (Lipinski definition) is 3. The van der Waals surface area contributed by atoms with E-state index in [1.54, 1.807) is 18.2 Å². The molecule has 0 spiro atoms. The highest BCUT2D eigenvalue weighted by atomic mass is 16.3. The van der Waals surface area contributed by atoms with E-state index in [9.17, 15) is 5.11 Å². The van der Waals surface area contributed by atoms with Gasteiger partial charge in [-0.1, -0.05) is 0 Å². The van der Waals surface area contributed by atoms with Crippen LogP contribution in [0.1, 0.15) is 5.76 Å². The molecule has 0 saturated heterocycles. The molecule has 0 aliphatic carbocycles. The zero-order valence-corrected chi connectivity index (χ0v) is 8.32. The van der Waals surface area contributed by atoms with Crippen molar-refractivity contribution in [3.8, 4) is 5.75 Å². The van der Waals surface area contributed by atoms with Gasteiger partial charge >= 0.3 is 0 Å². The van der Waals surface area contributed by atoms with Gasteiger partial charge in [-0.05, 0) is 38.4 Å². The van der Waals surface area contributed by atoms with Gasteiger partial charge in [0.05, 0.1) is 6.54 Å². The molecule has 0 amide bonds. The third-order valence-electron chi connectivity index (χ3n) is 2.02. The molecule has 0 aliphatic heterocycles. The zero-order chi connectivity index (χ0) is 10.1. The molecule has 1 heterocycles. The average molecular weight is 191 g/mol. The molecule has 1 aromatic heterocycles. The predicted molar refractivity (Wildman–Crippen MR) is 55.3 cm³/mol. The maximum absolute atomic E-state index is 9.27. The topological polar surface area (TPSA) is 36.6 Å². The molecule has 74 valence electrons. The lowest BCUT2D eigenvalue weighted by atomic mass is 10.2. The molecule has 2 rings (SSSR count). The third-order valence-corrected chi connectivity index (χ3v) is 2.02. The minimum absolute atomic E-state index is 0.273. The number of nitrogens with zero attached hydrogens (tertiary/aromatic N) is 1. The van der Waals surface area contributed by atoms with E-state index in [2.05, 4.69) is 0 Å². The van der Waals surface area contributed by atoms with E-state index < -0.39 is 0 Å². The van der Waals surface area contributed by atoms with Crippen molar-refractivity contribution < 1.29 is 9.52 Å². The lowest BCUT2D eigenvalue weighted by Crippen LogP contribution is -2.09. The number of benzene rings is 1. The first kappa shape index (κ1) is 9.09. The lowest BCUT2D eigenvalue weighted by Gasteiger charge is -2.04. The van der Waals surface area contributed by atoms with Crippen molar-refractivity contribution in [3.63, 3.8) is 0 Å². The predicted octanol–water partition coefficient (Wildman–Crippen LogP) is 2.20. The molecule has 0 atom stereocenters. The maximum Gasteiger partial charge on any atom is 0.134 e. The molecule has 14 heavy (non-hydrogen) atoms. The molecule has 0 radical (unpaired) electrons. The minimum Gasteiger partial charge on any atom is -0.508 e. The largest absolute Gasteiger partial charge is 0.508 e. The molecule has 1 N–H and O–H groups in total. The summed E-state index contributed by atoms with van der Waals surface area (Å²) >= 11 is 0. The smallest absolute Gasteiger partial charge is 0.134 e. The first-order chi connectivity index (χ1) is 6.65. The molecule has 3 heteroatoms. The van der Waals surface area contributed by atoms with Crippen molar-refractivity contribution in [2.45, 2.75) is 6.54 Å². The summed E-state index contributed by atoms with van der Waals surface area (Å²) < 4.78 is 5.58. The summed E-state index contributed by atoms with van der Waals surface area (Å²) in [6, 6.07) is 7.07. The van der Waals surface area contributed by atoms with E-state index in [4.69, 9.17) is 4.42 Å². The highest BCUT2D eigenvalue weighted by molar-refractivity contribution is 5.79. The highest BCUT2D eigenvalue weighted by Gasteiger charge is 2.04.